The van der Waals surface area contributed by atoms with Crippen LogP contribution in [0.5, 0.6) is 0 Å². The Balaban J connectivity index is 2.07. The maximum absolute atomic E-state index is 12.4. The maximum Gasteiger partial charge on any atom is 0.247 e. The first-order valence-electron chi connectivity index (χ1n) is 26.7. The molecular weight excluding hydrogens is 851 g/mol. The number of ether oxygens (including phenoxy) is 10. The second-order valence-corrected chi connectivity index (χ2v) is 19.6. The van der Waals surface area contributed by atoms with Crippen LogP contribution in [0.1, 0.15) is 175 Å². The molecule has 5 heterocycles. The molecular formula is C55H99NO11. The van der Waals surface area contributed by atoms with Crippen molar-refractivity contribution < 1.29 is 52.2 Å². The minimum atomic E-state index is -0.889. The van der Waals surface area contributed by atoms with Crippen LogP contribution in [0, 0.1) is 5.41 Å². The first-order valence-corrected chi connectivity index (χ1v) is 26.7. The average molecular weight is 950 g/mol. The SMILES string of the molecule is C=CC(=O)N(C)COCC1OC2C(OC)C(OC)C1OCCCCCCCCCCCCCC=C=CCCCCCC(CC)(CCC)C1OC(COC)C(OC2(CC)CCC)C(OC)C1OC. The molecule has 1 amide bonds. The van der Waals surface area contributed by atoms with Gasteiger partial charge in [0, 0.05) is 49.2 Å². The van der Waals surface area contributed by atoms with Gasteiger partial charge in [-0.05, 0) is 87.9 Å². The molecule has 2 saturated heterocycles. The lowest BCUT2D eigenvalue weighted by Gasteiger charge is -2.56. The average Bonchev–Trinajstić information content (AvgIpc) is 3.34. The van der Waals surface area contributed by atoms with Crippen LogP contribution in [-0.2, 0) is 52.2 Å². The summed E-state index contributed by atoms with van der Waals surface area (Å²) in [6.07, 6.45) is 26.1. The molecule has 12 heteroatoms. The number of allylic oxidation sites excluding steroid dienone is 1. The summed E-state index contributed by atoms with van der Waals surface area (Å²) in [5.74, 6) is -0.224. The molecule has 5 aliphatic rings. The molecule has 12 unspecified atom stereocenters. The lowest BCUT2D eigenvalue weighted by atomic mass is 9.68. The highest BCUT2D eigenvalue weighted by molar-refractivity contribution is 5.86. The summed E-state index contributed by atoms with van der Waals surface area (Å²) in [6.45, 7) is 13.6. The van der Waals surface area contributed by atoms with Gasteiger partial charge in [0.1, 0.15) is 61.7 Å². The van der Waals surface area contributed by atoms with Crippen molar-refractivity contribution in [2.75, 3.05) is 69.1 Å². The second kappa shape index (κ2) is 33.8. The van der Waals surface area contributed by atoms with Crippen molar-refractivity contribution in [1.29, 1.82) is 0 Å². The fourth-order valence-electron chi connectivity index (χ4n) is 11.3. The Morgan fingerprint density at radius 3 is 1.73 bits per heavy atom. The zero-order valence-corrected chi connectivity index (χ0v) is 44.2. The van der Waals surface area contributed by atoms with Crippen molar-refractivity contribution in [1.82, 2.24) is 4.90 Å². The molecule has 0 saturated carbocycles. The van der Waals surface area contributed by atoms with E-state index in [0.29, 0.717) is 26.1 Å². The van der Waals surface area contributed by atoms with Gasteiger partial charge in [-0.2, -0.15) is 0 Å². The van der Waals surface area contributed by atoms with Gasteiger partial charge in [0.15, 0.2) is 0 Å². The van der Waals surface area contributed by atoms with E-state index < -0.39 is 60.5 Å². The minimum Gasteiger partial charge on any atom is -0.382 e. The van der Waals surface area contributed by atoms with Crippen LogP contribution in [0.4, 0.5) is 0 Å². The Bertz CT molecular complexity index is 1380. The predicted octanol–water partition coefficient (Wildman–Crippen LogP) is 11.1. The predicted molar refractivity (Wildman–Crippen MR) is 267 cm³/mol. The number of methoxy groups -OCH3 is 5. The molecule has 0 aliphatic carbocycles. The molecule has 0 spiro atoms. The van der Waals surface area contributed by atoms with Gasteiger partial charge < -0.3 is 52.3 Å². The monoisotopic (exact) mass is 950 g/mol. The molecule has 12 nitrogen and oxygen atoms in total. The summed E-state index contributed by atoms with van der Waals surface area (Å²) < 4.78 is 67.2. The fourth-order valence-corrected chi connectivity index (χ4v) is 11.3. The van der Waals surface area contributed by atoms with Crippen LogP contribution in [-0.4, -0.2) is 147 Å². The third kappa shape index (κ3) is 17.8. The van der Waals surface area contributed by atoms with Gasteiger partial charge >= 0.3 is 0 Å². The number of likely N-dealkylation sites (N-methyl/N-ethyl adjacent to an activating group) is 1. The van der Waals surface area contributed by atoms with Gasteiger partial charge in [0.05, 0.1) is 24.9 Å². The molecule has 0 aromatic heterocycles. The zero-order chi connectivity index (χ0) is 48.9. The summed E-state index contributed by atoms with van der Waals surface area (Å²) in [7, 11) is 10.4. The van der Waals surface area contributed by atoms with Crippen molar-refractivity contribution >= 4 is 5.91 Å². The normalized spacial score (nSPS) is 34.2. The minimum absolute atomic E-state index is 0.0666. The van der Waals surface area contributed by atoms with Crippen LogP contribution in [0.25, 0.3) is 0 Å². The molecule has 390 valence electrons. The number of hydrogen-bond acceptors (Lipinski definition) is 11. The number of fused-ring (bicyclic) bond motifs is 2. The first kappa shape index (κ1) is 59.6. The van der Waals surface area contributed by atoms with E-state index in [1.807, 2.05) is 0 Å². The summed E-state index contributed by atoms with van der Waals surface area (Å²) in [5, 5.41) is 0. The third-order valence-corrected chi connectivity index (χ3v) is 15.1. The highest BCUT2D eigenvalue weighted by Crippen LogP contribution is 2.48. The molecule has 2 fully saturated rings. The summed E-state index contributed by atoms with van der Waals surface area (Å²) in [6, 6.07) is 0. The summed E-state index contributed by atoms with van der Waals surface area (Å²) >= 11 is 0. The fraction of sp³-hybridized carbons (Fsp3) is 0.891. The van der Waals surface area contributed by atoms with E-state index in [9.17, 15) is 4.79 Å². The first-order chi connectivity index (χ1) is 32.6. The van der Waals surface area contributed by atoms with Crippen molar-refractivity contribution in [3.05, 3.63) is 30.5 Å². The van der Waals surface area contributed by atoms with E-state index in [1.165, 1.54) is 68.8 Å². The van der Waals surface area contributed by atoms with Gasteiger partial charge in [-0.15, -0.1) is 5.73 Å². The quantitative estimate of drug-likeness (QED) is 0.0789. The number of amides is 1. The third-order valence-electron chi connectivity index (χ3n) is 15.1. The largest absolute Gasteiger partial charge is 0.382 e. The summed E-state index contributed by atoms with van der Waals surface area (Å²) in [5.41, 5.74) is 2.45. The lowest BCUT2D eigenvalue weighted by Crippen LogP contribution is -2.70. The van der Waals surface area contributed by atoms with Gasteiger partial charge in [-0.1, -0.05) is 118 Å². The smallest absolute Gasteiger partial charge is 0.247 e. The van der Waals surface area contributed by atoms with Crippen molar-refractivity contribution in [2.24, 2.45) is 5.41 Å². The molecule has 4 bridgehead atoms. The van der Waals surface area contributed by atoms with Gasteiger partial charge in [0.2, 0.25) is 5.91 Å². The Hall–Kier alpha value is -1.67. The summed E-state index contributed by atoms with van der Waals surface area (Å²) in [4.78, 5) is 13.9. The number of nitrogens with zero attached hydrogens (tertiary/aromatic N) is 1. The van der Waals surface area contributed by atoms with Crippen LogP contribution >= 0.6 is 0 Å². The van der Waals surface area contributed by atoms with Crippen LogP contribution in [0.2, 0.25) is 0 Å². The Kier molecular flexibility index (Phi) is 30.1. The van der Waals surface area contributed by atoms with Crippen LogP contribution < -0.4 is 0 Å². The maximum atomic E-state index is 12.4. The highest BCUT2D eigenvalue weighted by atomic mass is 16.7. The van der Waals surface area contributed by atoms with E-state index in [-0.39, 0.29) is 30.8 Å². The molecule has 5 rings (SSSR count). The van der Waals surface area contributed by atoms with E-state index >= 15 is 0 Å². The highest BCUT2D eigenvalue weighted by Gasteiger charge is 2.59. The number of rotatable bonds is 17. The van der Waals surface area contributed by atoms with Crippen LogP contribution in [0.3, 0.4) is 0 Å². The molecule has 5 aliphatic heterocycles. The number of carbonyl (C=O) groups excluding carboxylic acids is 1. The van der Waals surface area contributed by atoms with Gasteiger partial charge in [-0.25, -0.2) is 0 Å². The number of carbonyl (C=O) groups is 1. The molecule has 12 atom stereocenters. The standard InChI is InChI=1S/C55H99NO11/c1-12-36-54(15-4)38-34-32-30-28-26-24-22-20-18-17-19-21-23-25-27-29-31-33-35-39-64-46-44(41-63-42-56(6)45(57)14-3)66-53(51(62-11)48(46)59-8)55(16-5,37-13-2)67-47-43(40-58-7)65-52(54)50(61-10)49(47)60-9/h14,22,26,43-44,46-53H,3,12-13,15-21,23,25,27-42H2,1-2,4-11H3. The van der Waals surface area contributed by atoms with E-state index in [1.54, 1.807) is 42.6 Å². The second-order valence-electron chi connectivity index (χ2n) is 19.6. The zero-order valence-electron chi connectivity index (χ0n) is 44.2. The van der Waals surface area contributed by atoms with Gasteiger partial charge in [0.25, 0.3) is 0 Å². The molecule has 0 radical (unpaired) electrons. The molecule has 0 aromatic rings. The molecule has 67 heavy (non-hydrogen) atoms. The van der Waals surface area contributed by atoms with E-state index in [0.717, 1.165) is 77.0 Å². The van der Waals surface area contributed by atoms with Gasteiger partial charge in [-0.3, -0.25) is 4.79 Å². The number of hydrogen-bond donors (Lipinski definition) is 0. The topological polar surface area (TPSA) is 113 Å². The van der Waals surface area contributed by atoms with Crippen LogP contribution in [0.15, 0.2) is 30.5 Å². The van der Waals surface area contributed by atoms with Crippen molar-refractivity contribution in [3.8, 4) is 0 Å². The Morgan fingerprint density at radius 1 is 0.672 bits per heavy atom. The Morgan fingerprint density at radius 2 is 1.19 bits per heavy atom. The molecule has 0 N–H and O–H groups in total. The lowest BCUT2D eigenvalue weighted by molar-refractivity contribution is -0.336. The van der Waals surface area contributed by atoms with Crippen molar-refractivity contribution in [3.63, 3.8) is 0 Å². The van der Waals surface area contributed by atoms with E-state index in [2.05, 4.69) is 52.2 Å². The Labute approximate surface area is 408 Å². The van der Waals surface area contributed by atoms with Crippen molar-refractivity contribution in [2.45, 2.75) is 242 Å². The van der Waals surface area contributed by atoms with E-state index in [4.69, 9.17) is 47.4 Å². The molecule has 0 aromatic carbocycles.